The number of carbonyl (C=O) groups excluding carboxylic acids is 2. The number of non-ortho nitro benzene ring substituents is 1. The summed E-state index contributed by atoms with van der Waals surface area (Å²) >= 11 is 1.00. The molecule has 2 amide bonds. The molecule has 0 aliphatic carbocycles. The second-order valence-electron chi connectivity index (χ2n) is 8.21. The number of amides is 2. The number of nitrogens with one attached hydrogen (secondary N) is 2. The van der Waals surface area contributed by atoms with E-state index in [9.17, 15) is 24.1 Å². The zero-order chi connectivity index (χ0) is 24.2. The molecule has 0 saturated heterocycles. The van der Waals surface area contributed by atoms with E-state index >= 15 is 0 Å². The molecule has 0 aromatic heterocycles. The van der Waals surface area contributed by atoms with E-state index in [4.69, 9.17) is 0 Å². The number of nitrogens with zero attached hydrogens (tertiary/aromatic N) is 1. The molecule has 0 spiro atoms. The third-order valence-electron chi connectivity index (χ3n) is 4.37. The van der Waals surface area contributed by atoms with Crippen molar-refractivity contribution in [3.8, 4) is 0 Å². The summed E-state index contributed by atoms with van der Waals surface area (Å²) in [7, 11) is 0. The minimum absolute atomic E-state index is 0.0343. The van der Waals surface area contributed by atoms with Crippen molar-refractivity contribution in [2.45, 2.75) is 36.1 Å². The van der Waals surface area contributed by atoms with E-state index < -0.39 is 22.2 Å². The van der Waals surface area contributed by atoms with Gasteiger partial charge in [-0.15, -0.1) is 0 Å². The maximum atomic E-state index is 14.1. The predicted octanol–water partition coefficient (Wildman–Crippen LogP) is 5.67. The van der Waals surface area contributed by atoms with Gasteiger partial charge in [0.2, 0.25) is 0 Å². The summed E-state index contributed by atoms with van der Waals surface area (Å²) in [5, 5.41) is 16.8. The van der Waals surface area contributed by atoms with Crippen molar-refractivity contribution in [3.63, 3.8) is 0 Å². The Labute approximate surface area is 194 Å². The van der Waals surface area contributed by atoms with E-state index in [2.05, 4.69) is 10.6 Å². The minimum atomic E-state index is -0.600. The highest BCUT2D eigenvalue weighted by molar-refractivity contribution is 7.99. The normalized spacial score (nSPS) is 11.0. The van der Waals surface area contributed by atoms with Crippen LogP contribution in [-0.4, -0.2) is 22.3 Å². The molecule has 7 nitrogen and oxygen atoms in total. The molecule has 0 saturated carbocycles. The molecule has 9 heteroatoms. The fraction of sp³-hybridized carbons (Fsp3) is 0.167. The van der Waals surface area contributed by atoms with Gasteiger partial charge in [-0.05, 0) is 63.2 Å². The number of halogens is 1. The molecule has 170 valence electrons. The van der Waals surface area contributed by atoms with E-state index in [1.807, 2.05) is 20.8 Å². The minimum Gasteiger partial charge on any atom is -0.347 e. The lowest BCUT2D eigenvalue weighted by Gasteiger charge is -2.20. The van der Waals surface area contributed by atoms with Crippen molar-refractivity contribution < 1.29 is 18.9 Å². The second-order valence-corrected chi connectivity index (χ2v) is 9.29. The van der Waals surface area contributed by atoms with Gasteiger partial charge < -0.3 is 10.6 Å². The number of rotatable bonds is 6. The van der Waals surface area contributed by atoms with Crippen molar-refractivity contribution in [1.82, 2.24) is 5.32 Å². The largest absolute Gasteiger partial charge is 0.347 e. The van der Waals surface area contributed by atoms with E-state index in [0.717, 1.165) is 17.8 Å². The number of hydrogen-bond donors (Lipinski definition) is 2. The Morgan fingerprint density at radius 1 is 0.939 bits per heavy atom. The van der Waals surface area contributed by atoms with E-state index in [1.165, 1.54) is 18.2 Å². The first-order valence-corrected chi connectivity index (χ1v) is 10.8. The first kappa shape index (κ1) is 23.9. The molecular formula is C24H22FN3O4S. The molecule has 2 N–H and O–H groups in total. The number of nitro groups is 1. The highest BCUT2D eigenvalue weighted by atomic mass is 32.2. The lowest BCUT2D eigenvalue weighted by Crippen LogP contribution is -2.40. The van der Waals surface area contributed by atoms with Crippen LogP contribution in [-0.2, 0) is 0 Å². The number of benzene rings is 3. The van der Waals surface area contributed by atoms with Gasteiger partial charge >= 0.3 is 0 Å². The van der Waals surface area contributed by atoms with Crippen LogP contribution in [0, 0.1) is 15.9 Å². The van der Waals surface area contributed by atoms with Crippen molar-refractivity contribution >= 4 is 35.0 Å². The quantitative estimate of drug-likeness (QED) is 0.359. The molecule has 0 unspecified atom stereocenters. The Bertz CT molecular complexity index is 1210. The molecular weight excluding hydrogens is 445 g/mol. The monoisotopic (exact) mass is 467 g/mol. The van der Waals surface area contributed by atoms with Gasteiger partial charge in [-0.1, -0.05) is 23.9 Å². The zero-order valence-corrected chi connectivity index (χ0v) is 19.0. The fourth-order valence-corrected chi connectivity index (χ4v) is 3.81. The van der Waals surface area contributed by atoms with E-state index in [-0.39, 0.29) is 22.1 Å². The summed E-state index contributed by atoms with van der Waals surface area (Å²) in [4.78, 5) is 36.5. The van der Waals surface area contributed by atoms with Crippen LogP contribution in [0.15, 0.2) is 76.5 Å². The van der Waals surface area contributed by atoms with Crippen LogP contribution < -0.4 is 10.6 Å². The van der Waals surface area contributed by atoms with Crippen LogP contribution in [0.4, 0.5) is 15.8 Å². The van der Waals surface area contributed by atoms with Crippen LogP contribution >= 0.6 is 11.8 Å². The lowest BCUT2D eigenvalue weighted by atomic mass is 10.1. The molecule has 3 aromatic carbocycles. The number of hydrogen-bond acceptors (Lipinski definition) is 5. The van der Waals surface area contributed by atoms with Crippen molar-refractivity contribution in [2.75, 3.05) is 5.32 Å². The maximum absolute atomic E-state index is 14.1. The van der Waals surface area contributed by atoms with Gasteiger partial charge in [0.05, 0.1) is 10.5 Å². The fourth-order valence-electron chi connectivity index (χ4n) is 2.86. The third-order valence-corrected chi connectivity index (χ3v) is 5.50. The predicted molar refractivity (Wildman–Crippen MR) is 125 cm³/mol. The molecule has 0 aliphatic rings. The first-order chi connectivity index (χ1) is 15.5. The molecule has 3 rings (SSSR count). The van der Waals surface area contributed by atoms with Crippen LogP contribution in [0.5, 0.6) is 0 Å². The number of anilines is 1. The lowest BCUT2D eigenvalue weighted by molar-refractivity contribution is -0.384. The SMILES string of the molecule is CC(C)(C)NC(=O)c1ccc(NC(=O)c2cc([N+](=O)[O-])ccc2Sc2ccccc2F)cc1. The van der Waals surface area contributed by atoms with E-state index in [0.29, 0.717) is 16.1 Å². The summed E-state index contributed by atoms with van der Waals surface area (Å²) < 4.78 is 14.1. The summed E-state index contributed by atoms with van der Waals surface area (Å²) in [5.74, 6) is -1.30. The van der Waals surface area contributed by atoms with Crippen LogP contribution in [0.1, 0.15) is 41.5 Å². The number of nitro benzene ring substituents is 1. The Balaban J connectivity index is 1.85. The first-order valence-electron chi connectivity index (χ1n) is 9.98. The Morgan fingerprint density at radius 3 is 2.21 bits per heavy atom. The molecule has 0 heterocycles. The number of carbonyl (C=O) groups is 2. The molecule has 3 aromatic rings. The van der Waals surface area contributed by atoms with Gasteiger partial charge in [0.15, 0.2) is 0 Å². The van der Waals surface area contributed by atoms with Gasteiger partial charge in [-0.25, -0.2) is 4.39 Å². The molecule has 0 fully saturated rings. The van der Waals surface area contributed by atoms with Gasteiger partial charge in [0, 0.05) is 38.7 Å². The molecule has 0 bridgehead atoms. The summed E-state index contributed by atoms with van der Waals surface area (Å²) in [6, 6.07) is 16.2. The highest BCUT2D eigenvalue weighted by Crippen LogP contribution is 2.34. The van der Waals surface area contributed by atoms with Gasteiger partial charge in [0.25, 0.3) is 17.5 Å². The average molecular weight is 468 g/mol. The van der Waals surface area contributed by atoms with Crippen LogP contribution in [0.3, 0.4) is 0 Å². The summed E-state index contributed by atoms with van der Waals surface area (Å²) in [6.07, 6.45) is 0. The van der Waals surface area contributed by atoms with Gasteiger partial charge in [0.1, 0.15) is 5.82 Å². The maximum Gasteiger partial charge on any atom is 0.270 e. The molecule has 33 heavy (non-hydrogen) atoms. The Kier molecular flexibility index (Phi) is 7.13. The molecule has 0 radical (unpaired) electrons. The summed E-state index contributed by atoms with van der Waals surface area (Å²) in [6.45, 7) is 5.61. The van der Waals surface area contributed by atoms with Crippen LogP contribution in [0.2, 0.25) is 0 Å². The van der Waals surface area contributed by atoms with Crippen LogP contribution in [0.25, 0.3) is 0 Å². The second kappa shape index (κ2) is 9.83. The Hall–Kier alpha value is -3.72. The van der Waals surface area contributed by atoms with E-state index in [1.54, 1.807) is 42.5 Å². The Morgan fingerprint density at radius 2 is 1.61 bits per heavy atom. The molecule has 0 atom stereocenters. The standard InChI is InChI=1S/C24H22FN3O4S/c1-24(2,3)27-22(29)15-8-10-16(11-9-15)26-23(30)18-14-17(28(31)32)12-13-20(18)33-21-7-5-4-6-19(21)25/h4-14H,1-3H3,(H,26,30)(H,27,29). The van der Waals surface area contributed by atoms with Crippen molar-refractivity contribution in [1.29, 1.82) is 0 Å². The zero-order valence-electron chi connectivity index (χ0n) is 18.2. The third kappa shape index (κ3) is 6.39. The van der Waals surface area contributed by atoms with Crippen molar-refractivity contribution in [2.24, 2.45) is 0 Å². The average Bonchev–Trinajstić information content (AvgIpc) is 2.74. The van der Waals surface area contributed by atoms with Gasteiger partial charge in [-0.3, -0.25) is 19.7 Å². The topological polar surface area (TPSA) is 101 Å². The van der Waals surface area contributed by atoms with Crippen molar-refractivity contribution in [3.05, 3.63) is 93.8 Å². The molecule has 0 aliphatic heterocycles. The van der Waals surface area contributed by atoms with Gasteiger partial charge in [-0.2, -0.15) is 0 Å². The smallest absolute Gasteiger partial charge is 0.270 e. The highest BCUT2D eigenvalue weighted by Gasteiger charge is 2.19. The summed E-state index contributed by atoms with van der Waals surface area (Å²) in [5.41, 5.74) is 0.215.